The van der Waals surface area contributed by atoms with E-state index in [1.807, 2.05) is 22.9 Å². The van der Waals surface area contributed by atoms with Crippen LogP contribution in [0.1, 0.15) is 12.0 Å². The summed E-state index contributed by atoms with van der Waals surface area (Å²) in [6.07, 6.45) is 10.5. The molecule has 6 heteroatoms. The van der Waals surface area contributed by atoms with Gasteiger partial charge in [0.2, 0.25) is 5.95 Å². The van der Waals surface area contributed by atoms with Gasteiger partial charge in [-0.05, 0) is 24.1 Å². The van der Waals surface area contributed by atoms with Crippen LogP contribution in [0.3, 0.4) is 0 Å². The van der Waals surface area contributed by atoms with Crippen molar-refractivity contribution in [3.05, 3.63) is 48.6 Å². The summed E-state index contributed by atoms with van der Waals surface area (Å²) in [5.41, 5.74) is 9.22. The monoisotopic (exact) mass is 293 g/mol. The van der Waals surface area contributed by atoms with Crippen LogP contribution < -0.4 is 5.73 Å². The average Bonchev–Trinajstić information content (AvgIpc) is 2.95. The zero-order valence-electron chi connectivity index (χ0n) is 11.9. The molecule has 1 aliphatic heterocycles. The molecule has 0 saturated heterocycles. The molecule has 3 aromatic rings. The number of anilines is 1. The molecule has 2 N–H and O–H groups in total. The quantitative estimate of drug-likeness (QED) is 0.783. The summed E-state index contributed by atoms with van der Waals surface area (Å²) in [7, 11) is 0. The smallest absolute Gasteiger partial charge is 0.221 e. The Morgan fingerprint density at radius 2 is 2.18 bits per heavy atom. The standard InChI is InChI=1S/C16H15N5O/c17-16-19-6-2-15(20-16)21-10-13(11-3-7-22-8-4-11)12-9-18-5-1-14(12)21/h1-3,5-6,9-10H,4,7-8H2,(H2,17,19,20). The molecule has 0 aromatic carbocycles. The minimum absolute atomic E-state index is 0.264. The first-order valence-electron chi connectivity index (χ1n) is 7.14. The van der Waals surface area contributed by atoms with E-state index in [1.165, 1.54) is 11.1 Å². The second-order valence-corrected chi connectivity index (χ2v) is 5.13. The van der Waals surface area contributed by atoms with Crippen LogP contribution in [0, 0.1) is 0 Å². The highest BCUT2D eigenvalue weighted by Crippen LogP contribution is 2.31. The zero-order chi connectivity index (χ0) is 14.9. The molecular weight excluding hydrogens is 278 g/mol. The van der Waals surface area contributed by atoms with E-state index in [2.05, 4.69) is 27.2 Å². The van der Waals surface area contributed by atoms with Crippen molar-refractivity contribution in [2.75, 3.05) is 18.9 Å². The summed E-state index contributed by atoms with van der Waals surface area (Å²) in [5, 5.41) is 1.10. The van der Waals surface area contributed by atoms with Crippen molar-refractivity contribution in [2.24, 2.45) is 0 Å². The van der Waals surface area contributed by atoms with Gasteiger partial charge in [-0.3, -0.25) is 4.98 Å². The topological polar surface area (TPSA) is 78.8 Å². The molecule has 0 unspecified atom stereocenters. The number of ether oxygens (including phenoxy) is 1. The van der Waals surface area contributed by atoms with Crippen LogP contribution in [0.2, 0.25) is 0 Å². The van der Waals surface area contributed by atoms with Crippen molar-refractivity contribution in [1.82, 2.24) is 19.5 Å². The van der Waals surface area contributed by atoms with Crippen LogP contribution in [0.4, 0.5) is 5.95 Å². The first-order chi connectivity index (χ1) is 10.8. The minimum Gasteiger partial charge on any atom is -0.377 e. The van der Waals surface area contributed by atoms with Gasteiger partial charge in [-0.15, -0.1) is 0 Å². The molecule has 0 radical (unpaired) electrons. The highest BCUT2D eigenvalue weighted by Gasteiger charge is 2.15. The number of fused-ring (bicyclic) bond motifs is 1. The molecule has 6 nitrogen and oxygen atoms in total. The third-order valence-corrected chi connectivity index (χ3v) is 3.82. The Kier molecular flexibility index (Phi) is 3.08. The summed E-state index contributed by atoms with van der Waals surface area (Å²) in [4.78, 5) is 12.5. The van der Waals surface area contributed by atoms with E-state index < -0.39 is 0 Å². The maximum Gasteiger partial charge on any atom is 0.221 e. The maximum absolute atomic E-state index is 5.71. The molecule has 1 aliphatic rings. The number of hydrogen-bond donors (Lipinski definition) is 1. The molecule has 0 saturated carbocycles. The fourth-order valence-electron chi connectivity index (χ4n) is 2.79. The maximum atomic E-state index is 5.71. The summed E-state index contributed by atoms with van der Waals surface area (Å²) >= 11 is 0. The molecular formula is C16H15N5O. The van der Waals surface area contributed by atoms with Gasteiger partial charge in [0.05, 0.1) is 18.7 Å². The van der Waals surface area contributed by atoms with Gasteiger partial charge in [-0.1, -0.05) is 6.08 Å². The normalized spacial score (nSPS) is 15.0. The Morgan fingerprint density at radius 1 is 1.23 bits per heavy atom. The molecule has 0 spiro atoms. The van der Waals surface area contributed by atoms with Crippen molar-refractivity contribution in [1.29, 1.82) is 0 Å². The minimum atomic E-state index is 0.264. The predicted molar refractivity (Wildman–Crippen MR) is 84.5 cm³/mol. The average molecular weight is 293 g/mol. The van der Waals surface area contributed by atoms with E-state index in [9.17, 15) is 0 Å². The van der Waals surface area contributed by atoms with Crippen LogP contribution in [0.25, 0.3) is 22.3 Å². The Labute approximate surface area is 127 Å². The first kappa shape index (κ1) is 13.0. The SMILES string of the molecule is Nc1nccc(-n2cc(C3=CCOCC3)c3cnccc32)n1. The van der Waals surface area contributed by atoms with Crippen LogP contribution in [0.5, 0.6) is 0 Å². The Morgan fingerprint density at radius 3 is 3.00 bits per heavy atom. The molecule has 0 bridgehead atoms. The summed E-state index contributed by atoms with van der Waals surface area (Å²) in [5.74, 6) is 1.02. The second kappa shape index (κ2) is 5.23. The number of aromatic nitrogens is 4. The number of nitrogens with zero attached hydrogens (tertiary/aromatic N) is 4. The largest absolute Gasteiger partial charge is 0.377 e. The van der Waals surface area contributed by atoms with Crippen LogP contribution in [-0.4, -0.2) is 32.7 Å². The zero-order valence-corrected chi connectivity index (χ0v) is 11.9. The molecule has 110 valence electrons. The van der Waals surface area contributed by atoms with Crippen LogP contribution >= 0.6 is 0 Å². The molecule has 0 atom stereocenters. The van der Waals surface area contributed by atoms with Crippen molar-refractivity contribution >= 4 is 22.4 Å². The van der Waals surface area contributed by atoms with E-state index in [1.54, 1.807) is 12.4 Å². The molecule has 3 aromatic heterocycles. The molecule has 0 aliphatic carbocycles. The van der Waals surface area contributed by atoms with E-state index in [4.69, 9.17) is 10.5 Å². The van der Waals surface area contributed by atoms with Gasteiger partial charge in [0.25, 0.3) is 0 Å². The fourth-order valence-corrected chi connectivity index (χ4v) is 2.79. The number of hydrogen-bond acceptors (Lipinski definition) is 5. The lowest BCUT2D eigenvalue weighted by Crippen LogP contribution is -2.03. The second-order valence-electron chi connectivity index (χ2n) is 5.13. The number of nitrogens with two attached hydrogens (primary N) is 1. The Bertz CT molecular complexity index is 868. The summed E-state index contributed by atoms with van der Waals surface area (Å²) < 4.78 is 7.43. The molecule has 22 heavy (non-hydrogen) atoms. The van der Waals surface area contributed by atoms with Gasteiger partial charge in [-0.2, -0.15) is 4.98 Å². The van der Waals surface area contributed by atoms with E-state index in [0.29, 0.717) is 6.61 Å². The highest BCUT2D eigenvalue weighted by atomic mass is 16.5. The van der Waals surface area contributed by atoms with Gasteiger partial charge >= 0.3 is 0 Å². The lowest BCUT2D eigenvalue weighted by molar-refractivity contribution is 0.161. The van der Waals surface area contributed by atoms with Crippen molar-refractivity contribution < 1.29 is 4.74 Å². The predicted octanol–water partition coefficient (Wildman–Crippen LogP) is 2.20. The Hall–Kier alpha value is -2.73. The third-order valence-electron chi connectivity index (χ3n) is 3.82. The first-order valence-corrected chi connectivity index (χ1v) is 7.14. The van der Waals surface area contributed by atoms with Gasteiger partial charge in [-0.25, -0.2) is 4.98 Å². The van der Waals surface area contributed by atoms with Crippen LogP contribution in [0.15, 0.2) is 43.0 Å². The van der Waals surface area contributed by atoms with Crippen LogP contribution in [-0.2, 0) is 4.74 Å². The van der Waals surface area contributed by atoms with Gasteiger partial charge < -0.3 is 15.0 Å². The fraction of sp³-hybridized carbons (Fsp3) is 0.188. The molecule has 4 heterocycles. The molecule has 4 rings (SSSR count). The molecule has 0 fully saturated rings. The van der Waals surface area contributed by atoms with Crippen molar-refractivity contribution in [2.45, 2.75) is 6.42 Å². The van der Waals surface area contributed by atoms with Gasteiger partial charge in [0.15, 0.2) is 0 Å². The highest BCUT2D eigenvalue weighted by molar-refractivity contribution is 5.93. The summed E-state index contributed by atoms with van der Waals surface area (Å²) in [6.45, 7) is 1.40. The number of rotatable bonds is 2. The number of pyridine rings is 1. The third kappa shape index (κ3) is 2.14. The van der Waals surface area contributed by atoms with E-state index >= 15 is 0 Å². The molecule has 0 amide bonds. The van der Waals surface area contributed by atoms with Gasteiger partial charge in [0.1, 0.15) is 5.82 Å². The summed E-state index contributed by atoms with van der Waals surface area (Å²) in [6, 6.07) is 3.83. The van der Waals surface area contributed by atoms with Crippen molar-refractivity contribution in [3.63, 3.8) is 0 Å². The lowest BCUT2D eigenvalue weighted by atomic mass is 10.0. The number of nitrogen functional groups attached to an aromatic ring is 1. The lowest BCUT2D eigenvalue weighted by Gasteiger charge is -2.12. The Balaban J connectivity index is 1.94. The van der Waals surface area contributed by atoms with Gasteiger partial charge in [0, 0.05) is 35.7 Å². The van der Waals surface area contributed by atoms with E-state index in [0.717, 1.165) is 29.7 Å². The van der Waals surface area contributed by atoms with Crippen molar-refractivity contribution in [3.8, 4) is 5.82 Å². The van der Waals surface area contributed by atoms with E-state index in [-0.39, 0.29) is 5.95 Å².